The summed E-state index contributed by atoms with van der Waals surface area (Å²) >= 11 is 0. The minimum atomic E-state index is -1.12. The molecular formula is C33H32N4O5. The molecule has 0 unspecified atom stereocenters. The second-order valence-electron chi connectivity index (χ2n) is 10.6. The second kappa shape index (κ2) is 11.4. The first kappa shape index (κ1) is 28.4. The molecule has 9 heteroatoms. The van der Waals surface area contributed by atoms with Gasteiger partial charge in [0, 0.05) is 48.9 Å². The lowest BCUT2D eigenvalue weighted by atomic mass is 9.93. The summed E-state index contributed by atoms with van der Waals surface area (Å²) in [6, 6.07) is 23.3. The Hall–Kier alpha value is -5.15. The van der Waals surface area contributed by atoms with Crippen LogP contribution in [0.4, 0.5) is 0 Å². The van der Waals surface area contributed by atoms with Crippen LogP contribution in [0.3, 0.4) is 0 Å². The van der Waals surface area contributed by atoms with Crippen LogP contribution in [0.5, 0.6) is 11.5 Å². The Morgan fingerprint density at radius 2 is 1.67 bits per heavy atom. The highest BCUT2D eigenvalue weighted by atomic mass is 16.5. The number of para-hydroxylation sites is 1. The van der Waals surface area contributed by atoms with E-state index in [1.165, 1.54) is 4.57 Å². The normalized spacial score (nSPS) is 11.4. The summed E-state index contributed by atoms with van der Waals surface area (Å²) in [6.07, 6.45) is 1.70. The van der Waals surface area contributed by atoms with Gasteiger partial charge in [-0.15, -0.1) is 0 Å². The SMILES string of the molecule is CNC(=O)c1ccc(CNC(=O)c2cc3c(-c4cc(C(C)(C)O)ccc4Oc4ccccc4)cn(C)c(=O)c3[nH]2)cc1. The van der Waals surface area contributed by atoms with Crippen molar-refractivity contribution in [1.82, 2.24) is 20.2 Å². The van der Waals surface area contributed by atoms with Gasteiger partial charge in [0.15, 0.2) is 0 Å². The van der Waals surface area contributed by atoms with Crippen LogP contribution < -0.4 is 20.9 Å². The molecule has 2 heterocycles. The molecule has 0 bridgehead atoms. The molecule has 0 spiro atoms. The maximum absolute atomic E-state index is 13.2. The Morgan fingerprint density at radius 1 is 0.952 bits per heavy atom. The highest BCUT2D eigenvalue weighted by Crippen LogP contribution is 2.39. The molecule has 0 saturated carbocycles. The van der Waals surface area contributed by atoms with E-state index in [1.807, 2.05) is 36.4 Å². The van der Waals surface area contributed by atoms with Gasteiger partial charge >= 0.3 is 0 Å². The highest BCUT2D eigenvalue weighted by molar-refractivity contribution is 6.03. The van der Waals surface area contributed by atoms with Crippen molar-refractivity contribution in [2.45, 2.75) is 26.0 Å². The first-order valence-electron chi connectivity index (χ1n) is 13.5. The van der Waals surface area contributed by atoms with Gasteiger partial charge in [-0.2, -0.15) is 0 Å². The van der Waals surface area contributed by atoms with Gasteiger partial charge in [0.1, 0.15) is 22.7 Å². The quantitative estimate of drug-likeness (QED) is 0.215. The Kier molecular flexibility index (Phi) is 7.69. The van der Waals surface area contributed by atoms with Crippen LogP contribution in [-0.2, 0) is 19.2 Å². The zero-order chi connectivity index (χ0) is 30.0. The molecule has 42 heavy (non-hydrogen) atoms. The number of carbonyl (C=O) groups excluding carboxylic acids is 2. The number of carbonyl (C=O) groups is 2. The largest absolute Gasteiger partial charge is 0.457 e. The number of ether oxygens (including phenoxy) is 1. The number of rotatable bonds is 8. The van der Waals surface area contributed by atoms with Crippen LogP contribution >= 0.6 is 0 Å². The summed E-state index contributed by atoms with van der Waals surface area (Å²) in [5.41, 5.74) is 2.39. The minimum Gasteiger partial charge on any atom is -0.457 e. The molecule has 3 aromatic carbocycles. The van der Waals surface area contributed by atoms with Crippen molar-refractivity contribution in [3.05, 3.63) is 118 Å². The van der Waals surface area contributed by atoms with Crippen molar-refractivity contribution in [1.29, 1.82) is 0 Å². The second-order valence-corrected chi connectivity index (χ2v) is 10.6. The lowest BCUT2D eigenvalue weighted by molar-refractivity contribution is 0.0785. The molecule has 0 saturated heterocycles. The van der Waals surface area contributed by atoms with Gasteiger partial charge in [-0.05, 0) is 67.4 Å². The third-order valence-electron chi connectivity index (χ3n) is 7.05. The number of aryl methyl sites for hydroxylation is 1. The predicted octanol–water partition coefficient (Wildman–Crippen LogP) is 4.84. The fourth-order valence-corrected chi connectivity index (χ4v) is 4.69. The number of hydrogen-bond donors (Lipinski definition) is 4. The summed E-state index contributed by atoms with van der Waals surface area (Å²) in [7, 11) is 3.21. The molecule has 2 aromatic heterocycles. The Labute approximate surface area is 242 Å². The number of fused-ring (bicyclic) bond motifs is 1. The zero-order valence-electron chi connectivity index (χ0n) is 23.8. The summed E-state index contributed by atoms with van der Waals surface area (Å²) in [6.45, 7) is 3.63. The van der Waals surface area contributed by atoms with Gasteiger partial charge in [0.25, 0.3) is 17.4 Å². The van der Waals surface area contributed by atoms with Gasteiger partial charge in [-0.25, -0.2) is 0 Å². The maximum Gasteiger partial charge on any atom is 0.274 e. The van der Waals surface area contributed by atoms with E-state index in [0.29, 0.717) is 39.1 Å². The number of amides is 2. The first-order valence-corrected chi connectivity index (χ1v) is 13.5. The zero-order valence-corrected chi connectivity index (χ0v) is 23.8. The molecule has 5 rings (SSSR count). The summed E-state index contributed by atoms with van der Waals surface area (Å²) < 4.78 is 7.69. The summed E-state index contributed by atoms with van der Waals surface area (Å²) in [5, 5.41) is 16.8. The molecule has 0 fully saturated rings. The number of aromatic amines is 1. The van der Waals surface area contributed by atoms with Crippen LogP contribution in [0.25, 0.3) is 22.0 Å². The highest BCUT2D eigenvalue weighted by Gasteiger charge is 2.22. The van der Waals surface area contributed by atoms with Crippen LogP contribution in [0.1, 0.15) is 45.8 Å². The molecular weight excluding hydrogens is 532 g/mol. The van der Waals surface area contributed by atoms with Crippen LogP contribution in [0.2, 0.25) is 0 Å². The van der Waals surface area contributed by atoms with Crippen molar-refractivity contribution in [3.63, 3.8) is 0 Å². The molecule has 0 radical (unpaired) electrons. The van der Waals surface area contributed by atoms with Crippen molar-refractivity contribution in [2.24, 2.45) is 7.05 Å². The van der Waals surface area contributed by atoms with Gasteiger partial charge in [-0.1, -0.05) is 36.4 Å². The third-order valence-corrected chi connectivity index (χ3v) is 7.05. The van der Waals surface area contributed by atoms with E-state index in [1.54, 1.807) is 76.6 Å². The average Bonchev–Trinajstić information content (AvgIpc) is 3.44. The summed E-state index contributed by atoms with van der Waals surface area (Å²) in [5.74, 6) is 0.585. The number of H-pyrrole nitrogens is 1. The van der Waals surface area contributed by atoms with E-state index in [-0.39, 0.29) is 35.1 Å². The molecule has 0 aliphatic rings. The molecule has 9 nitrogen and oxygen atoms in total. The van der Waals surface area contributed by atoms with Crippen molar-refractivity contribution < 1.29 is 19.4 Å². The predicted molar refractivity (Wildman–Crippen MR) is 162 cm³/mol. The molecule has 0 atom stereocenters. The number of hydrogen-bond acceptors (Lipinski definition) is 5. The lowest BCUT2D eigenvalue weighted by Crippen LogP contribution is -2.23. The number of aliphatic hydroxyl groups is 1. The number of pyridine rings is 1. The lowest BCUT2D eigenvalue weighted by Gasteiger charge is -2.21. The first-order chi connectivity index (χ1) is 20.0. The number of nitrogens with one attached hydrogen (secondary N) is 3. The van der Waals surface area contributed by atoms with Crippen LogP contribution in [-0.4, -0.2) is 33.5 Å². The smallest absolute Gasteiger partial charge is 0.274 e. The Balaban J connectivity index is 1.53. The molecule has 0 aliphatic carbocycles. The molecule has 5 aromatic rings. The van der Waals surface area contributed by atoms with Gasteiger partial charge < -0.3 is 30.0 Å². The van der Waals surface area contributed by atoms with Gasteiger partial charge in [-0.3, -0.25) is 14.4 Å². The molecule has 214 valence electrons. The fourth-order valence-electron chi connectivity index (χ4n) is 4.69. The fraction of sp³-hybridized carbons (Fsp3) is 0.182. The van der Waals surface area contributed by atoms with E-state index < -0.39 is 5.60 Å². The van der Waals surface area contributed by atoms with Crippen molar-refractivity contribution in [3.8, 4) is 22.6 Å². The van der Waals surface area contributed by atoms with Crippen LogP contribution in [0, 0.1) is 0 Å². The average molecular weight is 565 g/mol. The number of nitrogens with zero attached hydrogens (tertiary/aromatic N) is 1. The van der Waals surface area contributed by atoms with Gasteiger partial charge in [0.2, 0.25) is 0 Å². The monoisotopic (exact) mass is 564 g/mol. The van der Waals surface area contributed by atoms with Crippen LogP contribution in [0.15, 0.2) is 89.9 Å². The van der Waals surface area contributed by atoms with Gasteiger partial charge in [0.05, 0.1) is 5.60 Å². The molecule has 4 N–H and O–H groups in total. The Bertz CT molecular complexity index is 1830. The third kappa shape index (κ3) is 5.82. The molecule has 2 amide bonds. The number of benzene rings is 3. The maximum atomic E-state index is 13.2. The number of aromatic nitrogens is 2. The Morgan fingerprint density at radius 3 is 2.33 bits per heavy atom. The summed E-state index contributed by atoms with van der Waals surface area (Å²) in [4.78, 5) is 41.1. The van der Waals surface area contributed by atoms with E-state index in [0.717, 1.165) is 5.56 Å². The molecule has 0 aliphatic heterocycles. The standard InChI is InChI=1S/C33H32N4O5/c1-33(2,41)22-14-15-28(42-23-8-6-5-7-9-23)24(16-22)26-19-37(4)32(40)29-25(26)17-27(36-29)31(39)35-18-20-10-12-21(13-11-20)30(38)34-3/h5-17,19,36,41H,18H2,1-4H3,(H,34,38)(H,35,39). The van der Waals surface area contributed by atoms with E-state index in [9.17, 15) is 19.5 Å². The van der Waals surface area contributed by atoms with Crippen molar-refractivity contribution >= 4 is 22.7 Å². The van der Waals surface area contributed by atoms with Crippen molar-refractivity contribution in [2.75, 3.05) is 7.05 Å². The van der Waals surface area contributed by atoms with E-state index in [2.05, 4.69) is 15.6 Å². The minimum absolute atomic E-state index is 0.188. The van der Waals surface area contributed by atoms with E-state index in [4.69, 9.17) is 4.74 Å². The topological polar surface area (TPSA) is 125 Å². The van der Waals surface area contributed by atoms with E-state index >= 15 is 0 Å².